The van der Waals surface area contributed by atoms with Crippen LogP contribution in [0.25, 0.3) is 10.9 Å². The normalized spacial score (nSPS) is 12.0. The van der Waals surface area contributed by atoms with E-state index in [0.717, 1.165) is 23.4 Å². The average Bonchev–Trinajstić information content (AvgIpc) is 2.80. The molecule has 0 aliphatic rings. The van der Waals surface area contributed by atoms with Gasteiger partial charge < -0.3 is 5.32 Å². The molecular weight excluding hydrogens is 449 g/mol. The Bertz CT molecular complexity index is 1340. The van der Waals surface area contributed by atoms with E-state index in [2.05, 4.69) is 10.3 Å². The lowest BCUT2D eigenvalue weighted by Crippen LogP contribution is -2.27. The summed E-state index contributed by atoms with van der Waals surface area (Å²) in [5.74, 6) is -1.08. The summed E-state index contributed by atoms with van der Waals surface area (Å²) in [6, 6.07) is 20.5. The van der Waals surface area contributed by atoms with Gasteiger partial charge in [-0.05, 0) is 42.8 Å². The van der Waals surface area contributed by atoms with Crippen molar-refractivity contribution in [1.29, 1.82) is 0 Å². The van der Waals surface area contributed by atoms with E-state index < -0.39 is 11.7 Å². The predicted molar refractivity (Wildman–Crippen MR) is 127 cm³/mol. The highest BCUT2D eigenvalue weighted by Crippen LogP contribution is 2.25. The molecule has 4 rings (SSSR count). The van der Waals surface area contributed by atoms with E-state index in [9.17, 15) is 14.0 Å². The zero-order chi connectivity index (χ0) is 22.7. The van der Waals surface area contributed by atoms with Gasteiger partial charge in [0.15, 0.2) is 5.16 Å². The molecular formula is C24H19ClFN3O2S. The Labute approximate surface area is 193 Å². The second-order valence-corrected chi connectivity index (χ2v) is 8.51. The second-order valence-electron chi connectivity index (χ2n) is 7.13. The van der Waals surface area contributed by atoms with Crippen LogP contribution in [0.15, 0.2) is 82.7 Å². The van der Waals surface area contributed by atoms with Crippen LogP contribution in [0.1, 0.15) is 18.5 Å². The summed E-state index contributed by atoms with van der Waals surface area (Å²) < 4.78 is 15.6. The van der Waals surface area contributed by atoms with Gasteiger partial charge >= 0.3 is 0 Å². The molecule has 1 N–H and O–H groups in total. The summed E-state index contributed by atoms with van der Waals surface area (Å²) in [4.78, 5) is 30.4. The monoisotopic (exact) mass is 467 g/mol. The molecule has 1 amide bonds. The first kappa shape index (κ1) is 22.0. The lowest BCUT2D eigenvalue weighted by Gasteiger charge is -2.20. The zero-order valence-corrected chi connectivity index (χ0v) is 18.7. The number of para-hydroxylation sites is 1. The van der Waals surface area contributed by atoms with Crippen LogP contribution in [-0.4, -0.2) is 21.2 Å². The van der Waals surface area contributed by atoms with Gasteiger partial charge in [-0.25, -0.2) is 9.37 Å². The maximum Gasteiger partial charge on any atom is 0.262 e. The minimum Gasteiger partial charge on any atom is -0.323 e. The summed E-state index contributed by atoms with van der Waals surface area (Å²) in [5.41, 5.74) is 1.36. The number of halogens is 2. The van der Waals surface area contributed by atoms with Crippen LogP contribution < -0.4 is 10.9 Å². The number of hydrogen-bond donors (Lipinski definition) is 1. The first-order valence-electron chi connectivity index (χ1n) is 9.88. The summed E-state index contributed by atoms with van der Waals surface area (Å²) in [6.07, 6.45) is 0. The predicted octanol–water partition coefficient (Wildman–Crippen LogP) is 5.53. The molecule has 0 spiro atoms. The number of nitrogens with zero attached hydrogens (tertiary/aromatic N) is 2. The molecule has 3 aromatic carbocycles. The number of aromatic nitrogens is 2. The Hall–Kier alpha value is -3.16. The van der Waals surface area contributed by atoms with E-state index in [4.69, 9.17) is 11.6 Å². The van der Waals surface area contributed by atoms with Crippen molar-refractivity contribution in [2.75, 3.05) is 11.1 Å². The number of rotatable bonds is 6. The van der Waals surface area contributed by atoms with Gasteiger partial charge in [-0.15, -0.1) is 0 Å². The Morgan fingerprint density at radius 3 is 2.59 bits per heavy atom. The first-order valence-corrected chi connectivity index (χ1v) is 11.2. The van der Waals surface area contributed by atoms with Crippen molar-refractivity contribution in [1.82, 2.24) is 9.55 Å². The smallest absolute Gasteiger partial charge is 0.262 e. The fraction of sp³-hybridized carbons (Fsp3) is 0.125. The fourth-order valence-electron chi connectivity index (χ4n) is 3.36. The molecule has 0 aliphatic carbocycles. The van der Waals surface area contributed by atoms with Crippen LogP contribution in [-0.2, 0) is 4.79 Å². The van der Waals surface area contributed by atoms with Crippen molar-refractivity contribution in [3.8, 4) is 0 Å². The number of thioether (sulfide) groups is 1. The highest BCUT2D eigenvalue weighted by atomic mass is 35.5. The fourth-order valence-corrected chi connectivity index (χ4v) is 4.39. The van der Waals surface area contributed by atoms with Gasteiger partial charge in [0, 0.05) is 5.02 Å². The molecule has 0 saturated heterocycles. The molecule has 4 aromatic rings. The minimum atomic E-state index is -0.616. The molecule has 1 heterocycles. The van der Waals surface area contributed by atoms with Crippen molar-refractivity contribution < 1.29 is 9.18 Å². The Morgan fingerprint density at radius 2 is 1.84 bits per heavy atom. The molecule has 8 heteroatoms. The second kappa shape index (κ2) is 9.54. The van der Waals surface area contributed by atoms with Crippen molar-refractivity contribution in [2.24, 2.45) is 0 Å². The van der Waals surface area contributed by atoms with Crippen LogP contribution in [0.4, 0.5) is 10.1 Å². The van der Waals surface area contributed by atoms with Crippen molar-refractivity contribution >= 4 is 45.9 Å². The van der Waals surface area contributed by atoms with E-state index in [-0.39, 0.29) is 28.1 Å². The van der Waals surface area contributed by atoms with Gasteiger partial charge in [-0.1, -0.05) is 65.8 Å². The van der Waals surface area contributed by atoms with Gasteiger partial charge in [0.1, 0.15) is 5.82 Å². The van der Waals surface area contributed by atoms with Crippen molar-refractivity contribution in [3.63, 3.8) is 0 Å². The molecule has 32 heavy (non-hydrogen) atoms. The van der Waals surface area contributed by atoms with Crippen LogP contribution in [0, 0.1) is 5.82 Å². The Morgan fingerprint density at radius 1 is 1.12 bits per heavy atom. The number of benzene rings is 3. The molecule has 1 atom stereocenters. The van der Waals surface area contributed by atoms with Gasteiger partial charge in [-0.3, -0.25) is 14.2 Å². The quantitative estimate of drug-likeness (QED) is 0.299. The number of fused-ring (bicyclic) bond motifs is 1. The molecule has 0 fully saturated rings. The van der Waals surface area contributed by atoms with E-state index in [1.165, 1.54) is 12.1 Å². The van der Waals surface area contributed by atoms with E-state index in [1.54, 1.807) is 22.8 Å². The van der Waals surface area contributed by atoms with Crippen molar-refractivity contribution in [3.05, 3.63) is 99.6 Å². The molecule has 0 bridgehead atoms. The largest absolute Gasteiger partial charge is 0.323 e. The maximum atomic E-state index is 14.0. The number of amides is 1. The van der Waals surface area contributed by atoms with Gasteiger partial charge in [0.05, 0.1) is 28.4 Å². The lowest BCUT2D eigenvalue weighted by atomic mass is 10.1. The summed E-state index contributed by atoms with van der Waals surface area (Å²) in [7, 11) is 0. The summed E-state index contributed by atoms with van der Waals surface area (Å²) in [5, 5.41) is 3.70. The number of carbonyl (C=O) groups excluding carboxylic acids is 1. The standard InChI is InChI=1S/C24H19ClFN3O2S/c1-15(16-7-3-2-4-8-16)29-23(31)18-9-5-6-10-20(18)28-24(29)32-14-22(30)27-21-12-11-17(25)13-19(21)26/h2-13,15H,14H2,1H3,(H,27,30)/t15-/m1/s1. The third-order valence-corrected chi connectivity index (χ3v) is 6.17. The number of nitrogens with one attached hydrogen (secondary N) is 1. The molecule has 0 aliphatic heterocycles. The molecule has 5 nitrogen and oxygen atoms in total. The van der Waals surface area contributed by atoms with Crippen molar-refractivity contribution in [2.45, 2.75) is 18.1 Å². The molecule has 0 unspecified atom stereocenters. The van der Waals surface area contributed by atoms with Gasteiger partial charge in [0.2, 0.25) is 5.91 Å². The van der Waals surface area contributed by atoms with Gasteiger partial charge in [-0.2, -0.15) is 0 Å². The average molecular weight is 468 g/mol. The van der Waals surface area contributed by atoms with Crippen LogP contribution >= 0.6 is 23.4 Å². The number of hydrogen-bond acceptors (Lipinski definition) is 4. The zero-order valence-electron chi connectivity index (χ0n) is 17.1. The van der Waals surface area contributed by atoms with E-state index in [1.807, 2.05) is 43.3 Å². The minimum absolute atomic E-state index is 0.0431. The summed E-state index contributed by atoms with van der Waals surface area (Å²) >= 11 is 6.88. The Kier molecular flexibility index (Phi) is 6.58. The third kappa shape index (κ3) is 4.69. The molecule has 1 aromatic heterocycles. The molecule has 0 radical (unpaired) electrons. The topological polar surface area (TPSA) is 64.0 Å². The number of anilines is 1. The number of carbonyl (C=O) groups is 1. The van der Waals surface area contributed by atoms with Gasteiger partial charge in [0.25, 0.3) is 5.56 Å². The summed E-state index contributed by atoms with van der Waals surface area (Å²) in [6.45, 7) is 1.92. The highest BCUT2D eigenvalue weighted by Gasteiger charge is 2.19. The molecule has 0 saturated carbocycles. The van der Waals surface area contributed by atoms with Crippen LogP contribution in [0.3, 0.4) is 0 Å². The molecule has 162 valence electrons. The van der Waals surface area contributed by atoms with E-state index >= 15 is 0 Å². The van der Waals surface area contributed by atoms with Crippen LogP contribution in [0.2, 0.25) is 5.02 Å². The third-order valence-electron chi connectivity index (χ3n) is 4.98. The first-order chi connectivity index (χ1) is 15.4. The lowest BCUT2D eigenvalue weighted by molar-refractivity contribution is -0.113. The maximum absolute atomic E-state index is 14.0. The SMILES string of the molecule is C[C@H](c1ccccc1)n1c(SCC(=O)Nc2ccc(Cl)cc2F)nc2ccccc2c1=O. The van der Waals surface area contributed by atoms with E-state index in [0.29, 0.717) is 16.1 Å². The van der Waals surface area contributed by atoms with Crippen LogP contribution in [0.5, 0.6) is 0 Å². The Balaban J connectivity index is 1.65. The highest BCUT2D eigenvalue weighted by molar-refractivity contribution is 7.99.